The first kappa shape index (κ1) is 35.6. The topological polar surface area (TPSA) is 99.9 Å². The number of nitrogens with one attached hydrogen (secondary N) is 1. The van der Waals surface area contributed by atoms with Crippen molar-refractivity contribution >= 4 is 33.2 Å². The van der Waals surface area contributed by atoms with Gasteiger partial charge in [-0.1, -0.05) is 65.4 Å². The molecule has 3 aromatic carbocycles. The van der Waals surface area contributed by atoms with Crippen LogP contribution in [0.3, 0.4) is 0 Å². The Morgan fingerprint density at radius 3 is 2.41 bits per heavy atom. The van der Waals surface area contributed by atoms with Gasteiger partial charge in [-0.2, -0.15) is 9.40 Å². The molecule has 1 saturated heterocycles. The Labute approximate surface area is 298 Å². The van der Waals surface area contributed by atoms with Gasteiger partial charge >= 0.3 is 0 Å². The van der Waals surface area contributed by atoms with Crippen molar-refractivity contribution in [2.75, 3.05) is 39.1 Å². The summed E-state index contributed by atoms with van der Waals surface area (Å²) in [6, 6.07) is 21.7. The molecule has 3 heterocycles. The van der Waals surface area contributed by atoms with Crippen molar-refractivity contribution in [1.82, 2.24) is 24.3 Å². The van der Waals surface area contributed by atoms with Gasteiger partial charge < -0.3 is 15.2 Å². The molecule has 0 unspecified atom stereocenters. The molecule has 0 aliphatic carbocycles. The van der Waals surface area contributed by atoms with Crippen molar-refractivity contribution in [1.29, 1.82) is 0 Å². The highest BCUT2D eigenvalue weighted by molar-refractivity contribution is 7.88. The van der Waals surface area contributed by atoms with E-state index in [1.165, 1.54) is 16.1 Å². The summed E-state index contributed by atoms with van der Waals surface area (Å²) in [4.78, 5) is 2.23. The van der Waals surface area contributed by atoms with Crippen LogP contribution >= 0.6 is 23.2 Å². The van der Waals surface area contributed by atoms with E-state index in [1.807, 2.05) is 53.2 Å². The van der Waals surface area contributed by atoms with E-state index in [4.69, 9.17) is 33.0 Å². The van der Waals surface area contributed by atoms with Gasteiger partial charge in [0, 0.05) is 84.7 Å². The highest BCUT2D eigenvalue weighted by Crippen LogP contribution is 2.33. The molecule has 2 aliphatic rings. The van der Waals surface area contributed by atoms with Gasteiger partial charge in [-0.3, -0.25) is 9.58 Å². The van der Waals surface area contributed by atoms with Gasteiger partial charge in [-0.25, -0.2) is 8.42 Å². The van der Waals surface area contributed by atoms with Crippen molar-refractivity contribution in [2.24, 2.45) is 0 Å². The summed E-state index contributed by atoms with van der Waals surface area (Å²) in [6.45, 7) is 7.01. The van der Waals surface area contributed by atoms with E-state index < -0.39 is 16.1 Å². The molecule has 49 heavy (non-hydrogen) atoms. The monoisotopic (exact) mass is 721 g/mol. The second kappa shape index (κ2) is 15.8. The molecule has 0 spiro atoms. The number of aliphatic hydroxyl groups is 1. The second-order valence-corrected chi connectivity index (χ2v) is 15.6. The average Bonchev–Trinajstić information content (AvgIpc) is 3.44. The number of hydrogen-bond acceptors (Lipinski definition) is 7. The Hall–Kier alpha value is -3.24. The van der Waals surface area contributed by atoms with Crippen LogP contribution in [0.4, 0.5) is 0 Å². The number of aliphatic hydroxyl groups excluding tert-OH is 1. The second-order valence-electron chi connectivity index (χ2n) is 12.7. The zero-order valence-electron chi connectivity index (χ0n) is 27.7. The maximum atomic E-state index is 12.5. The van der Waals surface area contributed by atoms with E-state index in [-0.39, 0.29) is 12.6 Å². The van der Waals surface area contributed by atoms with Crippen molar-refractivity contribution in [3.63, 3.8) is 0 Å². The molecule has 0 bridgehead atoms. The lowest BCUT2D eigenvalue weighted by atomic mass is 10.0. The van der Waals surface area contributed by atoms with Crippen LogP contribution in [0.5, 0.6) is 0 Å². The third-order valence-corrected chi connectivity index (χ3v) is 10.8. The number of benzene rings is 3. The minimum Gasteiger partial charge on any atom is -0.390 e. The molecule has 2 atom stereocenters. The highest BCUT2D eigenvalue weighted by Gasteiger charge is 2.31. The molecule has 0 amide bonds. The summed E-state index contributed by atoms with van der Waals surface area (Å²) in [7, 11) is -3.41. The molecule has 9 nitrogen and oxygen atoms in total. The number of aromatic nitrogens is 2. The molecule has 258 valence electrons. The van der Waals surface area contributed by atoms with Gasteiger partial charge in [-0.15, -0.1) is 0 Å². The predicted octanol–water partition coefficient (Wildman–Crippen LogP) is 4.95. The van der Waals surface area contributed by atoms with Crippen molar-refractivity contribution in [3.8, 4) is 23.1 Å². The van der Waals surface area contributed by atoms with E-state index >= 15 is 0 Å². The molecular weight excluding hydrogens is 681 g/mol. The Bertz CT molecular complexity index is 1940. The molecule has 0 radical (unpaired) electrons. The van der Waals surface area contributed by atoms with E-state index in [0.717, 1.165) is 52.6 Å². The van der Waals surface area contributed by atoms with Crippen LogP contribution in [-0.2, 0) is 47.4 Å². The maximum Gasteiger partial charge on any atom is 0.211 e. The minimum atomic E-state index is -3.41. The van der Waals surface area contributed by atoms with Crippen LogP contribution in [-0.4, -0.2) is 83.8 Å². The SMILES string of the molecule is C[C@@H]1COCCN1C[C@H](O)Cn1nc(-c2ccc(Cl)c(C#Cc3ccc(CNCc4ccc(Cl)cc4)cc3)c2)c2c1CCN(S(C)(=O)=O)C2. The summed E-state index contributed by atoms with van der Waals surface area (Å²) in [5.41, 5.74) is 7.06. The van der Waals surface area contributed by atoms with Crippen LogP contribution in [0.15, 0.2) is 66.7 Å². The molecule has 0 saturated carbocycles. The summed E-state index contributed by atoms with van der Waals surface area (Å²) in [6.07, 6.45) is 1.08. The van der Waals surface area contributed by atoms with Crippen molar-refractivity contribution in [3.05, 3.63) is 110 Å². The van der Waals surface area contributed by atoms with Crippen LogP contribution in [0.2, 0.25) is 10.0 Å². The molecule has 2 N–H and O–H groups in total. The summed E-state index contributed by atoms with van der Waals surface area (Å²) >= 11 is 12.6. The van der Waals surface area contributed by atoms with Gasteiger partial charge in [0.2, 0.25) is 10.0 Å². The Balaban J connectivity index is 1.20. The van der Waals surface area contributed by atoms with Crippen molar-refractivity contribution < 1.29 is 18.3 Å². The predicted molar refractivity (Wildman–Crippen MR) is 194 cm³/mol. The van der Waals surface area contributed by atoms with Gasteiger partial charge in [0.05, 0.1) is 42.8 Å². The number of β-amino-alcohol motifs (C(OH)–C–C–N with tert-alkyl or cyclic N) is 1. The third kappa shape index (κ3) is 9.11. The fourth-order valence-corrected chi connectivity index (χ4v) is 7.34. The summed E-state index contributed by atoms with van der Waals surface area (Å²) < 4.78 is 34.0. The zero-order valence-corrected chi connectivity index (χ0v) is 30.0. The first-order valence-corrected chi connectivity index (χ1v) is 19.0. The van der Waals surface area contributed by atoms with Gasteiger partial charge in [0.1, 0.15) is 0 Å². The first-order chi connectivity index (χ1) is 23.5. The number of hydrogen-bond donors (Lipinski definition) is 2. The van der Waals surface area contributed by atoms with Crippen LogP contribution in [0.1, 0.15) is 40.4 Å². The van der Waals surface area contributed by atoms with E-state index in [2.05, 4.69) is 41.1 Å². The average molecular weight is 723 g/mol. The van der Waals surface area contributed by atoms with E-state index in [0.29, 0.717) is 55.5 Å². The van der Waals surface area contributed by atoms with Crippen molar-refractivity contribution in [2.45, 2.75) is 51.7 Å². The molecule has 1 fully saturated rings. The standard InChI is InChI=1S/C37H41Cl2N5O4S/c1-26-25-48-18-17-42(26)22-33(45)23-44-36-15-16-43(49(2,46)47)24-34(36)37(41-44)31-11-14-35(39)30(19-31)10-7-27-3-5-28(6-4-27)20-40-21-29-8-12-32(38)13-9-29/h3-6,8-9,11-14,19,26,33,40,45H,15-18,20-25H2,1-2H3/t26-,33+/m1/s1. The Morgan fingerprint density at radius 2 is 1.71 bits per heavy atom. The lowest BCUT2D eigenvalue weighted by Crippen LogP contribution is -2.47. The van der Waals surface area contributed by atoms with Gasteiger partial charge in [0.15, 0.2) is 0 Å². The Kier molecular flexibility index (Phi) is 11.4. The van der Waals surface area contributed by atoms with Crippen LogP contribution in [0.25, 0.3) is 11.3 Å². The number of nitrogens with zero attached hydrogens (tertiary/aromatic N) is 4. The number of ether oxygens (including phenoxy) is 1. The summed E-state index contributed by atoms with van der Waals surface area (Å²) in [5.74, 6) is 6.46. The van der Waals surface area contributed by atoms with E-state index in [1.54, 1.807) is 6.07 Å². The molecule has 2 aliphatic heterocycles. The largest absolute Gasteiger partial charge is 0.390 e. The number of halogens is 2. The maximum absolute atomic E-state index is 12.5. The van der Waals surface area contributed by atoms with E-state index in [9.17, 15) is 13.5 Å². The van der Waals surface area contributed by atoms with Gasteiger partial charge in [0.25, 0.3) is 0 Å². The highest BCUT2D eigenvalue weighted by atomic mass is 35.5. The van der Waals surface area contributed by atoms with Crippen LogP contribution in [0, 0.1) is 11.8 Å². The fourth-order valence-electron chi connectivity index (χ4n) is 6.26. The quantitative estimate of drug-likeness (QED) is 0.224. The molecule has 6 rings (SSSR count). The summed E-state index contributed by atoms with van der Waals surface area (Å²) in [5, 5.41) is 20.8. The lowest BCUT2D eigenvalue weighted by molar-refractivity contribution is -0.0227. The Morgan fingerprint density at radius 1 is 1.00 bits per heavy atom. The van der Waals surface area contributed by atoms with Gasteiger partial charge in [-0.05, 0) is 54.4 Å². The smallest absolute Gasteiger partial charge is 0.211 e. The first-order valence-electron chi connectivity index (χ1n) is 16.4. The normalized spacial score (nSPS) is 17.7. The minimum absolute atomic E-state index is 0.213. The third-order valence-electron chi connectivity index (χ3n) is 9.01. The lowest BCUT2D eigenvalue weighted by Gasteiger charge is -2.34. The number of rotatable bonds is 10. The zero-order chi connectivity index (χ0) is 34.5. The molecule has 4 aromatic rings. The van der Waals surface area contributed by atoms with Crippen LogP contribution < -0.4 is 5.32 Å². The number of fused-ring (bicyclic) bond motifs is 1. The number of sulfonamides is 1. The molecular formula is C37H41Cl2N5O4S. The number of morpholine rings is 1. The molecule has 12 heteroatoms. The fraction of sp³-hybridized carbons (Fsp3) is 0.378. The molecule has 1 aromatic heterocycles.